The van der Waals surface area contributed by atoms with Crippen LogP contribution in [0.3, 0.4) is 0 Å². The van der Waals surface area contributed by atoms with Crippen LogP contribution in [0.1, 0.15) is 0 Å². The van der Waals surface area contributed by atoms with Crippen LogP contribution < -0.4 is 20.1 Å². The molecule has 0 atom stereocenters. The first-order valence-electron chi connectivity index (χ1n) is 9.78. The van der Waals surface area contributed by atoms with Gasteiger partial charge in [0, 0.05) is 28.2 Å². The van der Waals surface area contributed by atoms with E-state index in [9.17, 15) is 4.79 Å². The van der Waals surface area contributed by atoms with E-state index >= 15 is 0 Å². The maximum absolute atomic E-state index is 12.2. The Labute approximate surface area is 190 Å². The van der Waals surface area contributed by atoms with Gasteiger partial charge in [0.25, 0.3) is 0 Å². The van der Waals surface area contributed by atoms with E-state index in [4.69, 9.17) is 21.1 Å². The van der Waals surface area contributed by atoms with E-state index in [1.807, 2.05) is 54.7 Å². The van der Waals surface area contributed by atoms with Crippen molar-refractivity contribution in [2.24, 2.45) is 0 Å². The number of carbonyl (C=O) groups is 1. The molecular formula is C24H21ClN4O3. The Hall–Kier alpha value is -3.97. The van der Waals surface area contributed by atoms with Crippen molar-refractivity contribution in [3.63, 3.8) is 0 Å². The van der Waals surface area contributed by atoms with Gasteiger partial charge in [0.05, 0.1) is 25.6 Å². The SMILES string of the molecule is COc1ccc(-c2ccn(-c3ccc(NC(=O)Nc4cccc(Cl)c4)cc3)n2)cc1OC. The number of carbonyl (C=O) groups excluding carboxylic acids is 1. The maximum atomic E-state index is 12.2. The fourth-order valence-electron chi connectivity index (χ4n) is 3.17. The number of hydrogen-bond donors (Lipinski definition) is 2. The molecule has 0 aliphatic rings. The molecule has 3 aromatic carbocycles. The van der Waals surface area contributed by atoms with E-state index in [1.165, 1.54) is 0 Å². The van der Waals surface area contributed by atoms with Gasteiger partial charge in [0.2, 0.25) is 0 Å². The van der Waals surface area contributed by atoms with Crippen LogP contribution >= 0.6 is 11.6 Å². The molecule has 0 saturated heterocycles. The number of ether oxygens (including phenoxy) is 2. The molecule has 0 fully saturated rings. The van der Waals surface area contributed by atoms with Crippen LogP contribution in [0.25, 0.3) is 16.9 Å². The Morgan fingerprint density at radius 2 is 1.62 bits per heavy atom. The van der Waals surface area contributed by atoms with Gasteiger partial charge in [0.15, 0.2) is 11.5 Å². The van der Waals surface area contributed by atoms with Crippen LogP contribution in [0.5, 0.6) is 11.5 Å². The highest BCUT2D eigenvalue weighted by Gasteiger charge is 2.09. The molecule has 32 heavy (non-hydrogen) atoms. The van der Waals surface area contributed by atoms with Gasteiger partial charge in [-0.05, 0) is 66.7 Å². The van der Waals surface area contributed by atoms with Gasteiger partial charge in [-0.2, -0.15) is 5.10 Å². The number of amides is 2. The number of nitrogens with zero attached hydrogens (tertiary/aromatic N) is 2. The van der Waals surface area contributed by atoms with Crippen molar-refractivity contribution in [3.05, 3.63) is 84.0 Å². The first-order valence-corrected chi connectivity index (χ1v) is 10.2. The van der Waals surface area contributed by atoms with Crippen LogP contribution in [0, 0.1) is 0 Å². The number of hydrogen-bond acceptors (Lipinski definition) is 4. The molecule has 0 aliphatic carbocycles. The Morgan fingerprint density at radius 3 is 2.34 bits per heavy atom. The van der Waals surface area contributed by atoms with Crippen molar-refractivity contribution >= 4 is 29.0 Å². The number of aromatic nitrogens is 2. The first kappa shape index (κ1) is 21.3. The molecule has 2 N–H and O–H groups in total. The van der Waals surface area contributed by atoms with Gasteiger partial charge in [-0.1, -0.05) is 17.7 Å². The highest BCUT2D eigenvalue weighted by Crippen LogP contribution is 2.31. The largest absolute Gasteiger partial charge is 0.493 e. The minimum atomic E-state index is -0.352. The molecule has 0 unspecified atom stereocenters. The fourth-order valence-corrected chi connectivity index (χ4v) is 3.36. The highest BCUT2D eigenvalue weighted by atomic mass is 35.5. The van der Waals surface area contributed by atoms with Gasteiger partial charge in [-0.3, -0.25) is 0 Å². The number of halogens is 1. The summed E-state index contributed by atoms with van der Waals surface area (Å²) in [6.45, 7) is 0. The van der Waals surface area contributed by atoms with E-state index in [0.717, 1.165) is 16.9 Å². The monoisotopic (exact) mass is 448 g/mol. The van der Waals surface area contributed by atoms with E-state index in [2.05, 4.69) is 15.7 Å². The summed E-state index contributed by atoms with van der Waals surface area (Å²) in [5, 5.41) is 10.7. The lowest BCUT2D eigenvalue weighted by Crippen LogP contribution is -2.19. The van der Waals surface area contributed by atoms with Gasteiger partial charge in [-0.15, -0.1) is 0 Å². The first-order chi connectivity index (χ1) is 15.6. The molecule has 0 saturated carbocycles. The van der Waals surface area contributed by atoms with E-state index in [1.54, 1.807) is 43.2 Å². The Morgan fingerprint density at radius 1 is 0.875 bits per heavy atom. The number of anilines is 2. The molecule has 1 aromatic heterocycles. The van der Waals surface area contributed by atoms with E-state index in [0.29, 0.717) is 27.9 Å². The molecule has 0 spiro atoms. The number of nitrogens with one attached hydrogen (secondary N) is 2. The molecule has 8 heteroatoms. The molecule has 162 valence electrons. The molecule has 0 bridgehead atoms. The van der Waals surface area contributed by atoms with Gasteiger partial charge >= 0.3 is 6.03 Å². The summed E-state index contributed by atoms with van der Waals surface area (Å²) in [4.78, 5) is 12.2. The number of urea groups is 1. The summed E-state index contributed by atoms with van der Waals surface area (Å²) >= 11 is 5.94. The fraction of sp³-hybridized carbons (Fsp3) is 0.0833. The maximum Gasteiger partial charge on any atom is 0.323 e. The lowest BCUT2D eigenvalue weighted by Gasteiger charge is -2.09. The highest BCUT2D eigenvalue weighted by molar-refractivity contribution is 6.30. The van der Waals surface area contributed by atoms with Crippen molar-refractivity contribution in [1.82, 2.24) is 9.78 Å². The second-order valence-corrected chi connectivity index (χ2v) is 7.29. The smallest absolute Gasteiger partial charge is 0.323 e. The third kappa shape index (κ3) is 4.84. The average Bonchev–Trinajstić information content (AvgIpc) is 3.29. The third-order valence-electron chi connectivity index (χ3n) is 4.74. The Kier molecular flexibility index (Phi) is 6.28. The summed E-state index contributed by atoms with van der Waals surface area (Å²) < 4.78 is 12.4. The lowest BCUT2D eigenvalue weighted by atomic mass is 10.1. The molecule has 1 heterocycles. The lowest BCUT2D eigenvalue weighted by molar-refractivity contribution is 0.262. The molecular weight excluding hydrogens is 428 g/mol. The zero-order valence-corrected chi connectivity index (χ0v) is 18.3. The Balaban J connectivity index is 1.44. The quantitative estimate of drug-likeness (QED) is 0.387. The third-order valence-corrected chi connectivity index (χ3v) is 4.98. The van der Waals surface area contributed by atoms with Crippen LogP contribution in [-0.2, 0) is 0 Å². The van der Waals surface area contributed by atoms with Crippen LogP contribution in [0.15, 0.2) is 79.0 Å². The molecule has 0 aliphatic heterocycles. The van der Waals surface area contributed by atoms with Crippen molar-refractivity contribution in [2.45, 2.75) is 0 Å². The van der Waals surface area contributed by atoms with Crippen LogP contribution in [-0.4, -0.2) is 30.0 Å². The summed E-state index contributed by atoms with van der Waals surface area (Å²) in [6.07, 6.45) is 1.88. The molecule has 7 nitrogen and oxygen atoms in total. The summed E-state index contributed by atoms with van der Waals surface area (Å²) in [7, 11) is 3.21. The van der Waals surface area contributed by atoms with E-state index < -0.39 is 0 Å². The summed E-state index contributed by atoms with van der Waals surface area (Å²) in [5.41, 5.74) is 3.84. The van der Waals surface area contributed by atoms with E-state index in [-0.39, 0.29) is 6.03 Å². The predicted octanol–water partition coefficient (Wildman–Crippen LogP) is 5.85. The minimum absolute atomic E-state index is 0.352. The van der Waals surface area contributed by atoms with Crippen molar-refractivity contribution < 1.29 is 14.3 Å². The number of benzene rings is 3. The topological polar surface area (TPSA) is 77.4 Å². The second kappa shape index (κ2) is 9.45. The molecule has 4 rings (SSSR count). The molecule has 2 amide bonds. The van der Waals surface area contributed by atoms with Gasteiger partial charge < -0.3 is 20.1 Å². The zero-order valence-electron chi connectivity index (χ0n) is 17.5. The molecule has 4 aromatic rings. The van der Waals surface area contributed by atoms with Crippen LogP contribution in [0.2, 0.25) is 5.02 Å². The summed E-state index contributed by atoms with van der Waals surface area (Å²) in [5.74, 6) is 1.31. The number of rotatable bonds is 6. The standard InChI is InChI=1S/C24H21ClN4O3/c1-31-22-11-6-16(14-23(22)32-2)21-12-13-29(28-21)20-9-7-18(8-10-20)26-24(30)27-19-5-3-4-17(25)15-19/h3-15H,1-2H3,(H2,26,27,30). The zero-order chi connectivity index (χ0) is 22.5. The Bertz CT molecular complexity index is 1240. The van der Waals surface area contributed by atoms with Gasteiger partial charge in [0.1, 0.15) is 0 Å². The normalized spacial score (nSPS) is 10.5. The molecule has 0 radical (unpaired) electrons. The predicted molar refractivity (Wildman–Crippen MR) is 126 cm³/mol. The van der Waals surface area contributed by atoms with Crippen molar-refractivity contribution in [1.29, 1.82) is 0 Å². The van der Waals surface area contributed by atoms with Crippen molar-refractivity contribution in [2.75, 3.05) is 24.9 Å². The average molecular weight is 449 g/mol. The van der Waals surface area contributed by atoms with Crippen molar-refractivity contribution in [3.8, 4) is 28.4 Å². The minimum Gasteiger partial charge on any atom is -0.493 e. The summed E-state index contributed by atoms with van der Waals surface area (Å²) in [6, 6.07) is 21.6. The number of methoxy groups -OCH3 is 2. The van der Waals surface area contributed by atoms with Crippen LogP contribution in [0.4, 0.5) is 16.2 Å². The van der Waals surface area contributed by atoms with Gasteiger partial charge in [-0.25, -0.2) is 9.48 Å². The second-order valence-electron chi connectivity index (χ2n) is 6.85.